The summed E-state index contributed by atoms with van der Waals surface area (Å²) in [7, 11) is 0. The van der Waals surface area contributed by atoms with Crippen LogP contribution in [0.1, 0.15) is 12.8 Å². The number of allylic oxidation sites excluding steroid dienone is 4. The second kappa shape index (κ2) is 4.11. The van der Waals surface area contributed by atoms with E-state index in [9.17, 15) is 14.4 Å². The normalized spacial score (nSPS) is 15.2. The molecule has 0 amide bonds. The molecule has 1 aliphatic rings. The van der Waals surface area contributed by atoms with Gasteiger partial charge in [0.15, 0.2) is 0 Å². The van der Waals surface area contributed by atoms with Gasteiger partial charge in [-0.05, 0) is 0 Å². The van der Waals surface area contributed by atoms with Crippen LogP contribution in [0.5, 0.6) is 0 Å². The van der Waals surface area contributed by atoms with Crippen LogP contribution in [-0.4, -0.2) is 14.4 Å². The van der Waals surface area contributed by atoms with E-state index >= 15 is 0 Å². The second-order valence-electron chi connectivity index (χ2n) is 2.31. The molecule has 0 heterocycles. The Morgan fingerprint density at radius 2 is 1.77 bits per heavy atom. The molecule has 13 heavy (non-hydrogen) atoms. The summed E-state index contributed by atoms with van der Waals surface area (Å²) in [4.78, 5) is 36.1. The van der Waals surface area contributed by atoms with Gasteiger partial charge >= 0.3 is 75.8 Å². The molecular formula is C9H7FeO3. The van der Waals surface area contributed by atoms with Gasteiger partial charge in [-0.1, -0.05) is 0 Å². The maximum absolute atomic E-state index is 10.5. The molecule has 0 aromatic rings. The molecule has 0 aliphatic heterocycles. The third kappa shape index (κ3) is 1.74. The molecule has 0 atom stereocenters. The van der Waals surface area contributed by atoms with Gasteiger partial charge in [0.25, 0.3) is 0 Å². The molecule has 69 valence electrons. The van der Waals surface area contributed by atoms with E-state index in [4.69, 9.17) is 0 Å². The van der Waals surface area contributed by atoms with Crippen LogP contribution in [-0.2, 0) is 25.9 Å². The predicted octanol–water partition coefficient (Wildman–Crippen LogP) is 0.576. The van der Waals surface area contributed by atoms with E-state index < -0.39 is 11.5 Å². The molecule has 4 heteroatoms. The predicted molar refractivity (Wildman–Crippen MR) is 43.5 cm³/mol. The van der Waals surface area contributed by atoms with E-state index in [-0.39, 0.29) is 0 Å². The van der Waals surface area contributed by atoms with Gasteiger partial charge in [-0.3, -0.25) is 0 Å². The molecular weight excluding hydrogens is 212 g/mol. The zero-order chi connectivity index (χ0) is 9.73. The molecule has 0 saturated heterocycles. The van der Waals surface area contributed by atoms with Crippen molar-refractivity contribution in [2.75, 3.05) is 0 Å². The fourth-order valence-electron chi connectivity index (χ4n) is 0.972. The molecule has 0 unspecified atom stereocenters. The Hall–Kier alpha value is -1.26. The number of hydrogen-bond donors (Lipinski definition) is 0. The quantitative estimate of drug-likeness (QED) is 0.606. The topological polar surface area (TPSA) is 51.2 Å². The standard InChI is InChI=1S/C6H7.3CO.Fe/c1-2-4-6-5-3-1;3*1-2;/h1-3H,4,6H2;;;;. The van der Waals surface area contributed by atoms with Gasteiger partial charge in [0.1, 0.15) is 0 Å². The number of rotatable bonds is 1. The summed E-state index contributed by atoms with van der Waals surface area (Å²) in [5.41, 5.74) is 0. The average molecular weight is 219 g/mol. The van der Waals surface area contributed by atoms with Crippen LogP contribution in [0.3, 0.4) is 0 Å². The van der Waals surface area contributed by atoms with Gasteiger partial charge in [-0.25, -0.2) is 0 Å². The third-order valence-electron chi connectivity index (χ3n) is 1.62. The molecule has 0 N–H and O–H groups in total. The van der Waals surface area contributed by atoms with E-state index in [1.807, 2.05) is 6.08 Å². The average Bonchev–Trinajstić information content (AvgIpc) is 2.23. The fraction of sp³-hybridized carbons (Fsp3) is 0.222. The zero-order valence-electron chi connectivity index (χ0n) is 6.72. The molecule has 0 bridgehead atoms. The molecule has 0 aromatic carbocycles. The van der Waals surface area contributed by atoms with E-state index in [0.29, 0.717) is 10.9 Å². The van der Waals surface area contributed by atoms with Crippen molar-refractivity contribution >= 4 is 14.4 Å². The summed E-state index contributed by atoms with van der Waals surface area (Å²) in [6, 6.07) is 0. The molecule has 1 rings (SSSR count). The molecule has 0 radical (unpaired) electrons. The Morgan fingerprint density at radius 1 is 1.15 bits per heavy atom. The van der Waals surface area contributed by atoms with Gasteiger partial charge in [-0.2, -0.15) is 0 Å². The molecule has 1 aliphatic carbocycles. The van der Waals surface area contributed by atoms with E-state index in [1.54, 1.807) is 12.2 Å². The van der Waals surface area contributed by atoms with Crippen LogP contribution in [0.2, 0.25) is 0 Å². The van der Waals surface area contributed by atoms with Crippen LogP contribution < -0.4 is 0 Å². The van der Waals surface area contributed by atoms with Crippen LogP contribution >= 0.6 is 0 Å². The first-order valence-corrected chi connectivity index (χ1v) is 5.74. The van der Waals surface area contributed by atoms with Gasteiger partial charge in [0, 0.05) is 0 Å². The van der Waals surface area contributed by atoms with Crippen molar-refractivity contribution in [3.05, 3.63) is 22.7 Å². The Kier molecular flexibility index (Phi) is 3.11. The Labute approximate surface area is 76.2 Å². The minimum atomic E-state index is -3.27. The van der Waals surface area contributed by atoms with Crippen molar-refractivity contribution in [2.45, 2.75) is 12.8 Å². The monoisotopic (exact) mass is 219 g/mol. The third-order valence-corrected chi connectivity index (χ3v) is 4.16. The molecule has 0 fully saturated rings. The van der Waals surface area contributed by atoms with Crippen LogP contribution in [0, 0.1) is 0 Å². The summed E-state index contributed by atoms with van der Waals surface area (Å²) < 4.78 is 0.537. The van der Waals surface area contributed by atoms with Gasteiger partial charge < -0.3 is 0 Å². The van der Waals surface area contributed by atoms with E-state index in [0.717, 1.165) is 6.42 Å². The van der Waals surface area contributed by atoms with Gasteiger partial charge in [-0.15, -0.1) is 0 Å². The Balaban J connectivity index is 3.65. The maximum atomic E-state index is 10.5. The molecule has 0 spiro atoms. The SMILES string of the molecule is O=[C]=[Fe](=[C]=O)(=[C]=O)[C]1=CC=CCC1. The first-order chi connectivity index (χ1) is 6.29. The first-order valence-electron chi connectivity index (χ1n) is 3.54. The Morgan fingerprint density at radius 3 is 2.15 bits per heavy atom. The van der Waals surface area contributed by atoms with Crippen molar-refractivity contribution in [1.29, 1.82) is 0 Å². The summed E-state index contributed by atoms with van der Waals surface area (Å²) in [5.74, 6) is 0. The summed E-state index contributed by atoms with van der Waals surface area (Å²) >= 11 is -3.27. The van der Waals surface area contributed by atoms with Gasteiger partial charge in [0.2, 0.25) is 0 Å². The Bertz CT molecular complexity index is 472. The van der Waals surface area contributed by atoms with Crippen molar-refractivity contribution in [2.24, 2.45) is 0 Å². The molecule has 0 saturated carbocycles. The summed E-state index contributed by atoms with van der Waals surface area (Å²) in [6.07, 6.45) is 6.53. The van der Waals surface area contributed by atoms with Crippen LogP contribution in [0.4, 0.5) is 0 Å². The zero-order valence-corrected chi connectivity index (χ0v) is 7.83. The van der Waals surface area contributed by atoms with E-state index in [2.05, 4.69) is 0 Å². The van der Waals surface area contributed by atoms with Crippen molar-refractivity contribution in [3.63, 3.8) is 0 Å². The minimum absolute atomic E-state index is 0.537. The van der Waals surface area contributed by atoms with E-state index in [1.165, 1.54) is 14.4 Å². The van der Waals surface area contributed by atoms with Crippen LogP contribution in [0.25, 0.3) is 0 Å². The second-order valence-corrected chi connectivity index (χ2v) is 5.35. The fourth-order valence-corrected chi connectivity index (χ4v) is 2.50. The first kappa shape index (κ1) is 9.82. The number of hydrogen-bond acceptors (Lipinski definition) is 3. The summed E-state index contributed by atoms with van der Waals surface area (Å²) in [6.45, 7) is 0. The number of carbonyl (C=O) groups excluding carboxylic acids is 3. The van der Waals surface area contributed by atoms with Gasteiger partial charge in [0.05, 0.1) is 0 Å². The molecule has 3 nitrogen and oxygen atoms in total. The van der Waals surface area contributed by atoms with Crippen molar-refractivity contribution < 1.29 is 25.9 Å². The van der Waals surface area contributed by atoms with Crippen LogP contribution in [0.15, 0.2) is 22.7 Å². The van der Waals surface area contributed by atoms with Crippen molar-refractivity contribution in [1.82, 2.24) is 0 Å². The molecule has 0 aromatic heterocycles. The summed E-state index contributed by atoms with van der Waals surface area (Å²) in [5, 5.41) is 0. The van der Waals surface area contributed by atoms with Crippen molar-refractivity contribution in [3.8, 4) is 0 Å².